The Labute approximate surface area is 131 Å². The third-order valence-electron chi connectivity index (χ3n) is 4.22. The molecule has 0 aliphatic carbocycles. The molecule has 0 bridgehead atoms. The van der Waals surface area contributed by atoms with Gasteiger partial charge in [0.15, 0.2) is 0 Å². The number of likely N-dealkylation sites (tertiary alicyclic amines) is 1. The van der Waals surface area contributed by atoms with Crippen LogP contribution < -0.4 is 0 Å². The lowest BCUT2D eigenvalue weighted by Crippen LogP contribution is -2.29. The zero-order valence-corrected chi connectivity index (χ0v) is 13.5. The van der Waals surface area contributed by atoms with Crippen LogP contribution in [-0.4, -0.2) is 33.9 Å². The van der Waals surface area contributed by atoms with Crippen molar-refractivity contribution in [2.45, 2.75) is 33.1 Å². The minimum absolute atomic E-state index is 0.184. The zero-order chi connectivity index (χ0) is 15.7. The van der Waals surface area contributed by atoms with Gasteiger partial charge >= 0.3 is 0 Å². The summed E-state index contributed by atoms with van der Waals surface area (Å²) in [5, 5.41) is 0. The summed E-state index contributed by atoms with van der Waals surface area (Å²) in [6, 6.07) is 8.26. The van der Waals surface area contributed by atoms with Crippen LogP contribution in [0.5, 0.6) is 0 Å². The Morgan fingerprint density at radius 1 is 1.36 bits per heavy atom. The van der Waals surface area contributed by atoms with E-state index in [-0.39, 0.29) is 11.8 Å². The number of rotatable bonds is 4. The normalized spacial score (nSPS) is 18.5. The van der Waals surface area contributed by atoms with Gasteiger partial charge in [-0.05, 0) is 18.4 Å². The molecule has 1 atom stereocenters. The van der Waals surface area contributed by atoms with Gasteiger partial charge < -0.3 is 9.88 Å². The fourth-order valence-electron chi connectivity index (χ4n) is 3.13. The van der Waals surface area contributed by atoms with Crippen LogP contribution in [0.1, 0.15) is 37.6 Å². The highest BCUT2D eigenvalue weighted by Gasteiger charge is 2.32. The summed E-state index contributed by atoms with van der Waals surface area (Å²) in [5.74, 6) is 1.86. The van der Waals surface area contributed by atoms with Gasteiger partial charge in [-0.3, -0.25) is 4.79 Å². The number of carbonyl (C=O) groups excluding carboxylic acids is 1. The Morgan fingerprint density at radius 3 is 2.86 bits per heavy atom. The predicted octanol–water partition coefficient (Wildman–Crippen LogP) is 3.36. The number of H-pyrrole nitrogens is 1. The molecule has 4 nitrogen and oxygen atoms in total. The number of benzene rings is 1. The second-order valence-electron chi connectivity index (χ2n) is 6.59. The Hall–Kier alpha value is -2.10. The van der Waals surface area contributed by atoms with E-state index in [0.29, 0.717) is 12.3 Å². The van der Waals surface area contributed by atoms with E-state index >= 15 is 0 Å². The lowest BCUT2D eigenvalue weighted by atomic mass is 10.1. The molecule has 1 fully saturated rings. The summed E-state index contributed by atoms with van der Waals surface area (Å²) in [6.45, 7) is 7.99. The molecule has 1 amide bonds. The quantitative estimate of drug-likeness (QED) is 0.940. The molecule has 1 unspecified atom stereocenters. The molecule has 4 heteroatoms. The summed E-state index contributed by atoms with van der Waals surface area (Å²) < 4.78 is 0. The van der Waals surface area contributed by atoms with E-state index in [2.05, 4.69) is 42.9 Å². The van der Waals surface area contributed by atoms with E-state index in [9.17, 15) is 4.79 Å². The number of carbonyl (C=O) groups is 1. The van der Waals surface area contributed by atoms with Crippen molar-refractivity contribution in [2.75, 3.05) is 13.1 Å². The average molecular weight is 297 g/mol. The van der Waals surface area contributed by atoms with Crippen LogP contribution in [0, 0.1) is 12.8 Å². The molecule has 1 saturated heterocycles. The summed E-state index contributed by atoms with van der Waals surface area (Å²) in [6.07, 6.45) is 2.45. The number of hydrogen-bond donors (Lipinski definition) is 1. The molecular weight excluding hydrogens is 274 g/mol. The third kappa shape index (κ3) is 2.91. The first kappa shape index (κ1) is 14.8. The molecule has 1 aromatic carbocycles. The van der Waals surface area contributed by atoms with Gasteiger partial charge in [0.2, 0.25) is 5.91 Å². The minimum Gasteiger partial charge on any atom is -0.342 e. The number of amides is 1. The number of aromatic nitrogens is 2. The van der Waals surface area contributed by atoms with Crippen LogP contribution in [0.15, 0.2) is 30.5 Å². The number of imidazole rings is 1. The number of aromatic amines is 1. The molecule has 2 aromatic rings. The van der Waals surface area contributed by atoms with Crippen molar-refractivity contribution >= 4 is 5.91 Å². The van der Waals surface area contributed by atoms with Gasteiger partial charge in [0.25, 0.3) is 0 Å². The number of hydrogen-bond acceptors (Lipinski definition) is 2. The number of nitrogens with one attached hydrogen (secondary N) is 1. The molecular formula is C18H23N3O. The van der Waals surface area contributed by atoms with E-state index in [1.54, 1.807) is 0 Å². The molecule has 116 valence electrons. The lowest BCUT2D eigenvalue weighted by molar-refractivity contribution is -0.128. The van der Waals surface area contributed by atoms with E-state index in [1.165, 1.54) is 11.1 Å². The SMILES string of the molecule is Cc1ccccc1-c1cnc(C2CC(=O)N(CC(C)C)C2)[nH]1. The molecule has 1 aromatic heterocycles. The summed E-state index contributed by atoms with van der Waals surface area (Å²) >= 11 is 0. The summed E-state index contributed by atoms with van der Waals surface area (Å²) in [7, 11) is 0. The van der Waals surface area contributed by atoms with Crippen molar-refractivity contribution in [3.63, 3.8) is 0 Å². The van der Waals surface area contributed by atoms with Gasteiger partial charge in [-0.15, -0.1) is 0 Å². The Morgan fingerprint density at radius 2 is 2.14 bits per heavy atom. The molecule has 0 radical (unpaired) electrons. The van der Waals surface area contributed by atoms with Crippen molar-refractivity contribution in [3.8, 4) is 11.3 Å². The van der Waals surface area contributed by atoms with Crippen LogP contribution in [0.3, 0.4) is 0 Å². The minimum atomic E-state index is 0.184. The molecule has 0 saturated carbocycles. The van der Waals surface area contributed by atoms with Gasteiger partial charge in [0, 0.05) is 31.0 Å². The Kier molecular flexibility index (Phi) is 4.01. The highest BCUT2D eigenvalue weighted by atomic mass is 16.2. The molecule has 1 N–H and O–H groups in total. The highest BCUT2D eigenvalue weighted by Crippen LogP contribution is 2.29. The van der Waals surface area contributed by atoms with Gasteiger partial charge in [-0.2, -0.15) is 0 Å². The maximum atomic E-state index is 12.1. The van der Waals surface area contributed by atoms with E-state index in [0.717, 1.165) is 24.6 Å². The molecule has 22 heavy (non-hydrogen) atoms. The monoisotopic (exact) mass is 297 g/mol. The topological polar surface area (TPSA) is 49.0 Å². The van der Waals surface area contributed by atoms with Gasteiger partial charge in [0.05, 0.1) is 11.9 Å². The van der Waals surface area contributed by atoms with Crippen molar-refractivity contribution in [3.05, 3.63) is 41.9 Å². The van der Waals surface area contributed by atoms with Crippen LogP contribution in [0.25, 0.3) is 11.3 Å². The standard InChI is InChI=1S/C18H23N3O/c1-12(2)10-21-11-14(8-17(21)22)18-19-9-16(20-18)15-7-5-4-6-13(15)3/h4-7,9,12,14H,8,10-11H2,1-3H3,(H,19,20). The Balaban J connectivity index is 1.78. The van der Waals surface area contributed by atoms with Crippen molar-refractivity contribution < 1.29 is 4.79 Å². The zero-order valence-electron chi connectivity index (χ0n) is 13.5. The maximum Gasteiger partial charge on any atom is 0.223 e. The summed E-state index contributed by atoms with van der Waals surface area (Å²) in [4.78, 5) is 22.0. The first-order valence-electron chi connectivity index (χ1n) is 7.93. The van der Waals surface area contributed by atoms with Gasteiger partial charge in [0.1, 0.15) is 5.82 Å². The van der Waals surface area contributed by atoms with Crippen LogP contribution in [0.4, 0.5) is 0 Å². The fourth-order valence-corrected chi connectivity index (χ4v) is 3.13. The van der Waals surface area contributed by atoms with E-state index in [1.807, 2.05) is 23.2 Å². The molecule has 2 heterocycles. The highest BCUT2D eigenvalue weighted by molar-refractivity contribution is 5.79. The average Bonchev–Trinajstić information content (AvgIpc) is 3.07. The smallest absolute Gasteiger partial charge is 0.223 e. The molecule has 0 spiro atoms. The van der Waals surface area contributed by atoms with E-state index < -0.39 is 0 Å². The summed E-state index contributed by atoms with van der Waals surface area (Å²) in [5.41, 5.74) is 3.43. The van der Waals surface area contributed by atoms with Crippen LogP contribution >= 0.6 is 0 Å². The van der Waals surface area contributed by atoms with Crippen molar-refractivity contribution in [1.82, 2.24) is 14.9 Å². The van der Waals surface area contributed by atoms with Crippen LogP contribution in [-0.2, 0) is 4.79 Å². The molecule has 3 rings (SSSR count). The largest absolute Gasteiger partial charge is 0.342 e. The fraction of sp³-hybridized carbons (Fsp3) is 0.444. The van der Waals surface area contributed by atoms with Crippen LogP contribution in [0.2, 0.25) is 0 Å². The maximum absolute atomic E-state index is 12.1. The van der Waals surface area contributed by atoms with Gasteiger partial charge in [-0.25, -0.2) is 4.98 Å². The first-order valence-corrected chi connectivity index (χ1v) is 7.93. The second kappa shape index (κ2) is 5.95. The van der Waals surface area contributed by atoms with E-state index in [4.69, 9.17) is 0 Å². The third-order valence-corrected chi connectivity index (χ3v) is 4.22. The number of aryl methyl sites for hydroxylation is 1. The number of nitrogens with zero attached hydrogens (tertiary/aromatic N) is 2. The van der Waals surface area contributed by atoms with Crippen molar-refractivity contribution in [2.24, 2.45) is 5.92 Å². The Bertz CT molecular complexity index is 674. The van der Waals surface area contributed by atoms with Gasteiger partial charge in [-0.1, -0.05) is 38.1 Å². The predicted molar refractivity (Wildman–Crippen MR) is 87.5 cm³/mol. The van der Waals surface area contributed by atoms with Crippen molar-refractivity contribution in [1.29, 1.82) is 0 Å². The lowest BCUT2D eigenvalue weighted by Gasteiger charge is -2.18. The molecule has 1 aliphatic heterocycles. The second-order valence-corrected chi connectivity index (χ2v) is 6.59. The first-order chi connectivity index (χ1) is 10.5. The molecule has 1 aliphatic rings.